The first-order valence-electron chi connectivity index (χ1n) is 9.96. The second-order valence-corrected chi connectivity index (χ2v) is 9.46. The molecule has 2 aromatic rings. The molecule has 4 rings (SSSR count). The van der Waals surface area contributed by atoms with Crippen LogP contribution >= 0.6 is 23.3 Å². The van der Waals surface area contributed by atoms with E-state index in [1.165, 1.54) is 29.4 Å². The second-order valence-electron chi connectivity index (χ2n) is 7.59. The van der Waals surface area contributed by atoms with Gasteiger partial charge in [0, 0.05) is 35.2 Å². The highest BCUT2D eigenvalue weighted by Gasteiger charge is 2.41. The van der Waals surface area contributed by atoms with Crippen LogP contribution in [0.1, 0.15) is 36.6 Å². The number of benzene rings is 1. The molecule has 1 aromatic heterocycles. The minimum atomic E-state index is -0.619. The largest absolute Gasteiger partial charge is 0.323 e. The SMILES string of the molecule is NCC(=O)SC1CCN(C(C(=O)C2CC2)c2ccccc2F)C/C1=C/c1csnn1. The molecule has 2 fully saturated rings. The van der Waals surface area contributed by atoms with Crippen LogP contribution in [0.25, 0.3) is 6.08 Å². The van der Waals surface area contributed by atoms with Crippen LogP contribution in [-0.4, -0.2) is 50.3 Å². The summed E-state index contributed by atoms with van der Waals surface area (Å²) in [5.74, 6) is -0.268. The Bertz CT molecular complexity index is 946. The number of hydrogen-bond donors (Lipinski definition) is 1. The van der Waals surface area contributed by atoms with Crippen LogP contribution < -0.4 is 5.73 Å². The number of likely N-dealkylation sites (tertiary alicyclic amines) is 1. The van der Waals surface area contributed by atoms with Crippen LogP contribution in [0.5, 0.6) is 0 Å². The summed E-state index contributed by atoms with van der Waals surface area (Å²) in [5, 5.41) is 5.80. The second kappa shape index (κ2) is 9.47. The van der Waals surface area contributed by atoms with Crippen molar-refractivity contribution in [2.45, 2.75) is 30.6 Å². The number of thioether (sulfide) groups is 1. The molecule has 1 saturated heterocycles. The molecule has 0 spiro atoms. The average Bonchev–Trinajstić information content (AvgIpc) is 3.48. The molecule has 0 radical (unpaired) electrons. The number of nitrogens with zero attached hydrogens (tertiary/aromatic N) is 3. The molecule has 2 aliphatic rings. The van der Waals surface area contributed by atoms with Gasteiger partial charge in [0.15, 0.2) is 5.78 Å². The van der Waals surface area contributed by atoms with Gasteiger partial charge in [-0.3, -0.25) is 14.5 Å². The highest BCUT2D eigenvalue weighted by Crippen LogP contribution is 2.40. The third-order valence-electron chi connectivity index (χ3n) is 5.44. The number of rotatable bonds is 7. The summed E-state index contributed by atoms with van der Waals surface area (Å²) in [6, 6.07) is 5.90. The molecule has 1 saturated carbocycles. The van der Waals surface area contributed by atoms with Gasteiger partial charge < -0.3 is 5.73 Å². The number of hydrogen-bond acceptors (Lipinski definition) is 8. The molecule has 2 heterocycles. The van der Waals surface area contributed by atoms with Crippen molar-refractivity contribution in [2.24, 2.45) is 11.7 Å². The lowest BCUT2D eigenvalue weighted by Gasteiger charge is -2.38. The number of ketones is 1. The van der Waals surface area contributed by atoms with Crippen LogP contribution in [0, 0.1) is 11.7 Å². The van der Waals surface area contributed by atoms with Gasteiger partial charge in [-0.05, 0) is 48.5 Å². The van der Waals surface area contributed by atoms with Crippen molar-refractivity contribution in [1.82, 2.24) is 14.5 Å². The Hall–Kier alpha value is -1.94. The minimum Gasteiger partial charge on any atom is -0.323 e. The summed E-state index contributed by atoms with van der Waals surface area (Å²) < 4.78 is 18.6. The molecule has 2 unspecified atom stereocenters. The van der Waals surface area contributed by atoms with Crippen molar-refractivity contribution in [3.63, 3.8) is 0 Å². The number of Topliss-reactive ketones (excluding diaryl/α,β-unsaturated/α-hetero) is 1. The number of halogens is 1. The summed E-state index contributed by atoms with van der Waals surface area (Å²) in [7, 11) is 0. The van der Waals surface area contributed by atoms with Crippen molar-refractivity contribution in [2.75, 3.05) is 19.6 Å². The number of piperidine rings is 1. The molecule has 9 heteroatoms. The maximum absolute atomic E-state index is 14.7. The van der Waals surface area contributed by atoms with Crippen molar-refractivity contribution in [3.8, 4) is 0 Å². The monoisotopic (exact) mass is 446 g/mol. The van der Waals surface area contributed by atoms with Crippen LogP contribution in [0.4, 0.5) is 4.39 Å². The topological polar surface area (TPSA) is 89.2 Å². The molecule has 2 N–H and O–H groups in total. The fourth-order valence-electron chi connectivity index (χ4n) is 3.83. The Morgan fingerprint density at radius 3 is 2.80 bits per heavy atom. The van der Waals surface area contributed by atoms with E-state index in [0.717, 1.165) is 24.1 Å². The Kier molecular flexibility index (Phi) is 6.72. The molecular formula is C21H23FN4O2S2. The minimum absolute atomic E-state index is 0.00990. The molecule has 30 heavy (non-hydrogen) atoms. The van der Waals surface area contributed by atoms with E-state index in [-0.39, 0.29) is 34.4 Å². The van der Waals surface area contributed by atoms with E-state index >= 15 is 0 Å². The first-order chi connectivity index (χ1) is 14.6. The van der Waals surface area contributed by atoms with Crippen molar-refractivity contribution >= 4 is 40.3 Å². The molecule has 0 amide bonds. The fourth-order valence-corrected chi connectivity index (χ4v) is 5.17. The van der Waals surface area contributed by atoms with E-state index in [1.54, 1.807) is 18.2 Å². The molecular weight excluding hydrogens is 423 g/mol. The van der Waals surface area contributed by atoms with Crippen LogP contribution in [0.2, 0.25) is 0 Å². The van der Waals surface area contributed by atoms with E-state index in [9.17, 15) is 14.0 Å². The summed E-state index contributed by atoms with van der Waals surface area (Å²) in [6.45, 7) is 1.04. The number of aromatic nitrogens is 2. The normalized spacial score (nSPS) is 22.2. The van der Waals surface area contributed by atoms with Gasteiger partial charge in [-0.25, -0.2) is 4.39 Å². The number of carbonyl (C=O) groups excluding carboxylic acids is 2. The van der Waals surface area contributed by atoms with Gasteiger partial charge in [0.2, 0.25) is 5.12 Å². The van der Waals surface area contributed by atoms with Gasteiger partial charge in [-0.2, -0.15) is 0 Å². The molecule has 1 aromatic carbocycles. The molecule has 0 bridgehead atoms. The third-order valence-corrected chi connectivity index (χ3v) is 7.22. The summed E-state index contributed by atoms with van der Waals surface area (Å²) in [5.41, 5.74) is 7.63. The Morgan fingerprint density at radius 2 is 2.13 bits per heavy atom. The first kappa shape index (κ1) is 21.3. The van der Waals surface area contributed by atoms with Gasteiger partial charge in [-0.15, -0.1) is 5.10 Å². The first-order valence-corrected chi connectivity index (χ1v) is 11.7. The van der Waals surface area contributed by atoms with Gasteiger partial charge in [-0.1, -0.05) is 34.4 Å². The predicted molar refractivity (Wildman–Crippen MR) is 116 cm³/mol. The lowest BCUT2D eigenvalue weighted by Crippen LogP contribution is -2.43. The lowest BCUT2D eigenvalue weighted by molar-refractivity contribution is -0.126. The van der Waals surface area contributed by atoms with Crippen molar-refractivity contribution in [3.05, 3.63) is 52.3 Å². The van der Waals surface area contributed by atoms with Crippen LogP contribution in [-0.2, 0) is 9.59 Å². The van der Waals surface area contributed by atoms with Gasteiger partial charge >= 0.3 is 0 Å². The third kappa shape index (κ3) is 4.85. The predicted octanol–water partition coefficient (Wildman–Crippen LogP) is 3.07. The highest BCUT2D eigenvalue weighted by molar-refractivity contribution is 8.14. The average molecular weight is 447 g/mol. The smallest absolute Gasteiger partial charge is 0.203 e. The molecule has 1 aliphatic carbocycles. The number of carbonyl (C=O) groups is 2. The maximum Gasteiger partial charge on any atom is 0.203 e. The van der Waals surface area contributed by atoms with E-state index in [1.807, 2.05) is 16.4 Å². The van der Waals surface area contributed by atoms with Crippen LogP contribution in [0.3, 0.4) is 0 Å². The zero-order valence-corrected chi connectivity index (χ0v) is 18.0. The quantitative estimate of drug-likeness (QED) is 0.699. The summed E-state index contributed by atoms with van der Waals surface area (Å²) in [6.07, 6.45) is 4.34. The Labute approximate surface area is 182 Å². The highest BCUT2D eigenvalue weighted by atomic mass is 32.2. The molecule has 6 nitrogen and oxygen atoms in total. The van der Waals surface area contributed by atoms with Gasteiger partial charge in [0.25, 0.3) is 0 Å². The summed E-state index contributed by atoms with van der Waals surface area (Å²) >= 11 is 2.48. The molecule has 158 valence electrons. The van der Waals surface area contributed by atoms with E-state index < -0.39 is 6.04 Å². The maximum atomic E-state index is 14.7. The lowest BCUT2D eigenvalue weighted by atomic mass is 9.93. The molecule has 2 atom stereocenters. The van der Waals surface area contributed by atoms with E-state index in [2.05, 4.69) is 9.59 Å². The molecule has 1 aliphatic heterocycles. The van der Waals surface area contributed by atoms with Gasteiger partial charge in [0.05, 0.1) is 18.3 Å². The zero-order valence-electron chi connectivity index (χ0n) is 16.4. The Morgan fingerprint density at radius 1 is 1.33 bits per heavy atom. The van der Waals surface area contributed by atoms with Crippen LogP contribution in [0.15, 0.2) is 35.2 Å². The van der Waals surface area contributed by atoms with E-state index in [0.29, 0.717) is 25.1 Å². The fraction of sp³-hybridized carbons (Fsp3) is 0.429. The standard InChI is InChI=1S/C21H23FN4O2S2/c22-17-4-2-1-3-16(17)20(21(28)13-5-6-13)26-8-7-18(30-19(27)10-23)14(11-26)9-15-12-29-25-24-15/h1-4,9,12-13,18,20H,5-8,10-11,23H2/b14-9-. The summed E-state index contributed by atoms with van der Waals surface area (Å²) in [4.78, 5) is 27.2. The van der Waals surface area contributed by atoms with Crippen molar-refractivity contribution in [1.29, 1.82) is 0 Å². The Balaban J connectivity index is 1.64. The van der Waals surface area contributed by atoms with Crippen molar-refractivity contribution < 1.29 is 14.0 Å². The van der Waals surface area contributed by atoms with Gasteiger partial charge in [0.1, 0.15) is 5.82 Å². The number of nitrogens with two attached hydrogens (primary N) is 1. The zero-order chi connectivity index (χ0) is 21.1. The van der Waals surface area contributed by atoms with E-state index in [4.69, 9.17) is 5.73 Å².